The van der Waals surface area contributed by atoms with Gasteiger partial charge in [-0.2, -0.15) is 0 Å². The van der Waals surface area contributed by atoms with Gasteiger partial charge < -0.3 is 5.11 Å². The Bertz CT molecular complexity index is 333. The van der Waals surface area contributed by atoms with Crippen LogP contribution >= 0.6 is 11.8 Å². The number of thioether (sulfide) groups is 1. The lowest BCUT2D eigenvalue weighted by molar-refractivity contribution is 0.129. The van der Waals surface area contributed by atoms with Gasteiger partial charge in [-0.15, -0.1) is 11.8 Å². The van der Waals surface area contributed by atoms with Crippen LogP contribution in [0.1, 0.15) is 31.7 Å². The predicted octanol–water partition coefficient (Wildman–Crippen LogP) is 3.42. The average molecular weight is 222 g/mol. The largest absolute Gasteiger partial charge is 0.385 e. The van der Waals surface area contributed by atoms with E-state index in [4.69, 9.17) is 0 Å². The van der Waals surface area contributed by atoms with Crippen molar-refractivity contribution in [1.29, 1.82) is 0 Å². The minimum Gasteiger partial charge on any atom is -0.385 e. The van der Waals surface area contributed by atoms with Gasteiger partial charge in [0, 0.05) is 4.90 Å². The SMILES string of the molecule is CCCC1CC1(O)c1ccc(SC)cc1. The van der Waals surface area contributed by atoms with Crippen LogP contribution in [0.25, 0.3) is 0 Å². The summed E-state index contributed by atoms with van der Waals surface area (Å²) >= 11 is 1.74. The highest BCUT2D eigenvalue weighted by Crippen LogP contribution is 2.54. The molecule has 2 atom stereocenters. The van der Waals surface area contributed by atoms with Gasteiger partial charge in [-0.05, 0) is 42.7 Å². The van der Waals surface area contributed by atoms with Gasteiger partial charge in [-0.3, -0.25) is 0 Å². The van der Waals surface area contributed by atoms with Gasteiger partial charge in [0.15, 0.2) is 0 Å². The second-order valence-electron chi connectivity index (χ2n) is 4.34. The number of rotatable bonds is 4. The molecular weight excluding hydrogens is 204 g/mol. The van der Waals surface area contributed by atoms with Gasteiger partial charge in [-0.25, -0.2) is 0 Å². The standard InChI is InChI=1S/C13H18OS/c1-3-4-11-9-13(11,14)10-5-7-12(15-2)8-6-10/h5-8,11,14H,3-4,9H2,1-2H3. The molecule has 0 spiro atoms. The summed E-state index contributed by atoms with van der Waals surface area (Å²) in [6.45, 7) is 2.18. The zero-order valence-corrected chi connectivity index (χ0v) is 10.2. The van der Waals surface area contributed by atoms with E-state index in [1.165, 1.54) is 4.90 Å². The van der Waals surface area contributed by atoms with Crippen LogP contribution in [-0.2, 0) is 5.60 Å². The van der Waals surface area contributed by atoms with E-state index in [-0.39, 0.29) is 0 Å². The molecule has 0 heterocycles. The molecule has 0 saturated heterocycles. The number of hydrogen-bond donors (Lipinski definition) is 1. The summed E-state index contributed by atoms with van der Waals surface area (Å²) in [6.07, 6.45) is 5.32. The lowest BCUT2D eigenvalue weighted by atomic mass is 10.0. The molecule has 2 unspecified atom stereocenters. The van der Waals surface area contributed by atoms with Crippen molar-refractivity contribution in [3.63, 3.8) is 0 Å². The lowest BCUT2D eigenvalue weighted by Gasteiger charge is -2.11. The van der Waals surface area contributed by atoms with Crippen molar-refractivity contribution in [2.75, 3.05) is 6.26 Å². The normalized spacial score (nSPS) is 29.1. The van der Waals surface area contributed by atoms with Gasteiger partial charge in [0.05, 0.1) is 5.60 Å². The predicted molar refractivity (Wildman–Crippen MR) is 65.1 cm³/mol. The lowest BCUT2D eigenvalue weighted by Crippen LogP contribution is -2.08. The molecule has 15 heavy (non-hydrogen) atoms. The van der Waals surface area contributed by atoms with Crippen molar-refractivity contribution in [2.45, 2.75) is 36.7 Å². The molecule has 1 aromatic rings. The van der Waals surface area contributed by atoms with Crippen LogP contribution in [0, 0.1) is 5.92 Å². The Kier molecular flexibility index (Phi) is 3.08. The van der Waals surface area contributed by atoms with Crippen molar-refractivity contribution in [3.05, 3.63) is 29.8 Å². The van der Waals surface area contributed by atoms with Crippen molar-refractivity contribution >= 4 is 11.8 Å². The van der Waals surface area contributed by atoms with E-state index in [9.17, 15) is 5.11 Å². The molecule has 0 amide bonds. The molecule has 82 valence electrons. The van der Waals surface area contributed by atoms with E-state index >= 15 is 0 Å². The second kappa shape index (κ2) is 4.18. The summed E-state index contributed by atoms with van der Waals surface area (Å²) in [5.74, 6) is 0.489. The highest BCUT2D eigenvalue weighted by Gasteiger charge is 2.52. The molecule has 1 aliphatic rings. The second-order valence-corrected chi connectivity index (χ2v) is 5.22. The third kappa shape index (κ3) is 2.06. The maximum absolute atomic E-state index is 10.3. The van der Waals surface area contributed by atoms with Crippen molar-refractivity contribution in [3.8, 4) is 0 Å². The summed E-state index contributed by atoms with van der Waals surface area (Å²) in [4.78, 5) is 1.26. The molecule has 2 rings (SSSR count). The Balaban J connectivity index is 2.10. The van der Waals surface area contributed by atoms with Crippen LogP contribution < -0.4 is 0 Å². The Hall–Kier alpha value is -0.470. The van der Waals surface area contributed by atoms with E-state index in [1.807, 2.05) is 0 Å². The van der Waals surface area contributed by atoms with E-state index in [2.05, 4.69) is 37.4 Å². The van der Waals surface area contributed by atoms with E-state index in [1.54, 1.807) is 11.8 Å². The fraction of sp³-hybridized carbons (Fsp3) is 0.538. The molecule has 0 bridgehead atoms. The first-order valence-corrected chi connectivity index (χ1v) is 6.80. The van der Waals surface area contributed by atoms with Crippen LogP contribution in [0.4, 0.5) is 0 Å². The van der Waals surface area contributed by atoms with Gasteiger partial charge >= 0.3 is 0 Å². The maximum atomic E-state index is 10.3. The molecule has 1 aromatic carbocycles. The minimum absolute atomic E-state index is 0.489. The summed E-state index contributed by atoms with van der Waals surface area (Å²) in [6, 6.07) is 8.33. The first-order valence-electron chi connectivity index (χ1n) is 5.57. The molecule has 1 aliphatic carbocycles. The zero-order valence-electron chi connectivity index (χ0n) is 9.36. The molecule has 0 aliphatic heterocycles. The fourth-order valence-corrected chi connectivity index (χ4v) is 2.65. The van der Waals surface area contributed by atoms with Crippen LogP contribution in [0.15, 0.2) is 29.2 Å². The zero-order chi connectivity index (χ0) is 10.9. The summed E-state index contributed by atoms with van der Waals surface area (Å²) in [5, 5.41) is 10.3. The topological polar surface area (TPSA) is 20.2 Å². The molecule has 1 N–H and O–H groups in total. The number of aliphatic hydroxyl groups is 1. The van der Waals surface area contributed by atoms with Crippen LogP contribution in [0.3, 0.4) is 0 Å². The van der Waals surface area contributed by atoms with Gasteiger partial charge in [0.2, 0.25) is 0 Å². The third-order valence-electron chi connectivity index (χ3n) is 3.30. The Labute approximate surface area is 95.9 Å². The monoisotopic (exact) mass is 222 g/mol. The number of hydrogen-bond acceptors (Lipinski definition) is 2. The summed E-state index contributed by atoms with van der Waals surface area (Å²) < 4.78 is 0. The summed E-state index contributed by atoms with van der Waals surface area (Å²) in [5.41, 5.74) is 0.589. The molecule has 0 aromatic heterocycles. The molecule has 0 radical (unpaired) electrons. The first kappa shape index (κ1) is 11.0. The van der Waals surface area contributed by atoms with Gasteiger partial charge in [0.1, 0.15) is 0 Å². The molecule has 2 heteroatoms. The van der Waals surface area contributed by atoms with E-state index < -0.39 is 5.60 Å². The van der Waals surface area contributed by atoms with Crippen molar-refractivity contribution < 1.29 is 5.11 Å². The van der Waals surface area contributed by atoms with E-state index in [0.29, 0.717) is 5.92 Å². The maximum Gasteiger partial charge on any atom is 0.0929 e. The van der Waals surface area contributed by atoms with Crippen LogP contribution in [0.2, 0.25) is 0 Å². The van der Waals surface area contributed by atoms with E-state index in [0.717, 1.165) is 24.8 Å². The molecule has 1 saturated carbocycles. The summed E-state index contributed by atoms with van der Waals surface area (Å²) in [7, 11) is 0. The van der Waals surface area contributed by atoms with Crippen molar-refractivity contribution in [2.24, 2.45) is 5.92 Å². The third-order valence-corrected chi connectivity index (χ3v) is 4.04. The van der Waals surface area contributed by atoms with Gasteiger partial charge in [0.25, 0.3) is 0 Å². The fourth-order valence-electron chi connectivity index (χ4n) is 2.24. The number of benzene rings is 1. The smallest absolute Gasteiger partial charge is 0.0929 e. The highest BCUT2D eigenvalue weighted by atomic mass is 32.2. The molecule has 1 fully saturated rings. The average Bonchev–Trinajstić information content (AvgIpc) is 2.92. The Morgan fingerprint density at radius 3 is 2.60 bits per heavy atom. The quantitative estimate of drug-likeness (QED) is 0.788. The molecular formula is C13H18OS. The van der Waals surface area contributed by atoms with Crippen molar-refractivity contribution in [1.82, 2.24) is 0 Å². The first-order chi connectivity index (χ1) is 7.20. The highest BCUT2D eigenvalue weighted by molar-refractivity contribution is 7.98. The van der Waals surface area contributed by atoms with Gasteiger partial charge in [-0.1, -0.05) is 25.5 Å². The Morgan fingerprint density at radius 1 is 1.40 bits per heavy atom. The van der Waals surface area contributed by atoms with Crippen LogP contribution in [-0.4, -0.2) is 11.4 Å². The molecule has 1 nitrogen and oxygen atoms in total. The Morgan fingerprint density at radius 2 is 2.07 bits per heavy atom. The van der Waals surface area contributed by atoms with Crippen LogP contribution in [0.5, 0.6) is 0 Å². The minimum atomic E-state index is -0.507.